The first-order valence-corrected chi connectivity index (χ1v) is 7.85. The standard InChI is InChI=1S/C15H18FNO3S/c1-10(14(18)17-7-3-2-4-8-17)21-13-9-11(15(19)20)5-6-12(13)16/h5-6,9-10H,2-4,7-8H2,1H3,(H,19,20). The zero-order chi connectivity index (χ0) is 15.4. The maximum Gasteiger partial charge on any atom is 0.335 e. The molecule has 4 nitrogen and oxygen atoms in total. The van der Waals surface area contributed by atoms with Gasteiger partial charge in [-0.1, -0.05) is 0 Å². The van der Waals surface area contributed by atoms with Gasteiger partial charge in [0.15, 0.2) is 0 Å². The summed E-state index contributed by atoms with van der Waals surface area (Å²) in [6.07, 6.45) is 3.15. The summed E-state index contributed by atoms with van der Waals surface area (Å²) in [6, 6.07) is 3.63. The second-order valence-corrected chi connectivity index (χ2v) is 6.48. The third-order valence-electron chi connectivity index (χ3n) is 3.50. The lowest BCUT2D eigenvalue weighted by atomic mass is 10.1. The molecular weight excluding hydrogens is 293 g/mol. The van der Waals surface area contributed by atoms with Crippen LogP contribution in [0, 0.1) is 5.82 Å². The predicted octanol–water partition coefficient (Wildman–Crippen LogP) is 3.02. The Kier molecular flexibility index (Phi) is 5.22. The van der Waals surface area contributed by atoms with Crippen molar-refractivity contribution in [1.82, 2.24) is 4.90 Å². The highest BCUT2D eigenvalue weighted by Crippen LogP contribution is 2.28. The van der Waals surface area contributed by atoms with Crippen molar-refractivity contribution < 1.29 is 19.1 Å². The number of halogens is 1. The Morgan fingerprint density at radius 3 is 2.57 bits per heavy atom. The van der Waals surface area contributed by atoms with E-state index in [2.05, 4.69) is 0 Å². The fourth-order valence-corrected chi connectivity index (χ4v) is 3.35. The molecule has 1 heterocycles. The number of hydrogen-bond acceptors (Lipinski definition) is 3. The van der Waals surface area contributed by atoms with Crippen molar-refractivity contribution in [2.45, 2.75) is 36.3 Å². The van der Waals surface area contributed by atoms with Gasteiger partial charge < -0.3 is 10.0 Å². The molecule has 0 saturated carbocycles. The fraction of sp³-hybridized carbons (Fsp3) is 0.467. The molecule has 6 heteroatoms. The maximum absolute atomic E-state index is 13.8. The van der Waals surface area contributed by atoms with Gasteiger partial charge in [-0.3, -0.25) is 4.79 Å². The molecule has 1 amide bonds. The Balaban J connectivity index is 2.07. The Labute approximate surface area is 127 Å². The topological polar surface area (TPSA) is 57.6 Å². The number of aromatic carboxylic acids is 1. The molecule has 1 saturated heterocycles. The van der Waals surface area contributed by atoms with Crippen LogP contribution in [0.15, 0.2) is 23.1 Å². The van der Waals surface area contributed by atoms with E-state index < -0.39 is 17.0 Å². The van der Waals surface area contributed by atoms with Gasteiger partial charge in [0.05, 0.1) is 10.8 Å². The molecule has 0 radical (unpaired) electrons. The molecule has 1 unspecified atom stereocenters. The van der Waals surface area contributed by atoms with E-state index in [-0.39, 0.29) is 16.4 Å². The summed E-state index contributed by atoms with van der Waals surface area (Å²) in [5, 5.41) is 8.51. The Morgan fingerprint density at radius 1 is 1.29 bits per heavy atom. The van der Waals surface area contributed by atoms with E-state index in [0.29, 0.717) is 0 Å². The number of thioether (sulfide) groups is 1. The lowest BCUT2D eigenvalue weighted by Gasteiger charge is -2.29. The SMILES string of the molecule is CC(Sc1cc(C(=O)O)ccc1F)C(=O)N1CCCCC1. The van der Waals surface area contributed by atoms with Crippen LogP contribution in [0.4, 0.5) is 4.39 Å². The van der Waals surface area contributed by atoms with Crippen LogP contribution in [0.3, 0.4) is 0 Å². The van der Waals surface area contributed by atoms with Gasteiger partial charge in [-0.25, -0.2) is 9.18 Å². The van der Waals surface area contributed by atoms with Crippen LogP contribution in [-0.2, 0) is 4.79 Å². The average molecular weight is 311 g/mol. The molecule has 1 aliphatic rings. The average Bonchev–Trinajstić information content (AvgIpc) is 2.49. The van der Waals surface area contributed by atoms with Crippen molar-refractivity contribution in [2.24, 2.45) is 0 Å². The van der Waals surface area contributed by atoms with Crippen LogP contribution in [0.25, 0.3) is 0 Å². The number of likely N-dealkylation sites (tertiary alicyclic amines) is 1. The minimum atomic E-state index is -1.10. The quantitative estimate of drug-likeness (QED) is 0.868. The highest BCUT2D eigenvalue weighted by Gasteiger charge is 2.24. The third kappa shape index (κ3) is 3.97. The van der Waals surface area contributed by atoms with Gasteiger partial charge in [-0.05, 0) is 44.4 Å². The molecule has 0 spiro atoms. The van der Waals surface area contributed by atoms with E-state index in [1.807, 2.05) is 0 Å². The lowest BCUT2D eigenvalue weighted by molar-refractivity contribution is -0.131. The minimum Gasteiger partial charge on any atom is -0.478 e. The molecule has 1 N–H and O–H groups in total. The van der Waals surface area contributed by atoms with Gasteiger partial charge in [0, 0.05) is 18.0 Å². The first-order chi connectivity index (χ1) is 9.99. The monoisotopic (exact) mass is 311 g/mol. The fourth-order valence-electron chi connectivity index (χ4n) is 2.34. The molecule has 1 fully saturated rings. The van der Waals surface area contributed by atoms with Crippen molar-refractivity contribution in [2.75, 3.05) is 13.1 Å². The zero-order valence-electron chi connectivity index (χ0n) is 11.8. The summed E-state index contributed by atoms with van der Waals surface area (Å²) in [7, 11) is 0. The predicted molar refractivity (Wildman–Crippen MR) is 79.1 cm³/mol. The van der Waals surface area contributed by atoms with Gasteiger partial charge in [0.1, 0.15) is 5.82 Å². The first-order valence-electron chi connectivity index (χ1n) is 6.97. The molecule has 114 valence electrons. The maximum atomic E-state index is 13.8. The van der Waals surface area contributed by atoms with Crippen LogP contribution in [0.1, 0.15) is 36.5 Å². The van der Waals surface area contributed by atoms with E-state index in [1.54, 1.807) is 11.8 Å². The molecule has 0 aromatic heterocycles. The van der Waals surface area contributed by atoms with E-state index >= 15 is 0 Å². The largest absolute Gasteiger partial charge is 0.478 e. The van der Waals surface area contributed by atoms with E-state index in [0.717, 1.165) is 50.2 Å². The molecule has 21 heavy (non-hydrogen) atoms. The summed E-state index contributed by atoms with van der Waals surface area (Å²) in [4.78, 5) is 25.2. The number of carboxylic acid groups (broad SMARTS) is 1. The molecule has 1 aromatic carbocycles. The molecule has 1 aliphatic heterocycles. The number of piperidine rings is 1. The number of benzene rings is 1. The summed E-state index contributed by atoms with van der Waals surface area (Å²) in [5.74, 6) is -1.62. The lowest BCUT2D eigenvalue weighted by Crippen LogP contribution is -2.40. The minimum absolute atomic E-state index is 0.0140. The summed E-state index contributed by atoms with van der Waals surface area (Å²) in [5.41, 5.74) is 0.0246. The summed E-state index contributed by atoms with van der Waals surface area (Å²) >= 11 is 1.07. The van der Waals surface area contributed by atoms with E-state index in [4.69, 9.17) is 5.11 Å². The highest BCUT2D eigenvalue weighted by molar-refractivity contribution is 8.00. The van der Waals surface area contributed by atoms with E-state index in [9.17, 15) is 14.0 Å². The molecule has 0 bridgehead atoms. The summed E-state index contributed by atoms with van der Waals surface area (Å²) in [6.45, 7) is 3.23. The Morgan fingerprint density at radius 2 is 1.95 bits per heavy atom. The van der Waals surface area contributed by atoms with Crippen molar-refractivity contribution in [3.8, 4) is 0 Å². The van der Waals surface area contributed by atoms with Crippen LogP contribution in [0.2, 0.25) is 0 Å². The second kappa shape index (κ2) is 6.93. The number of rotatable bonds is 4. The van der Waals surface area contributed by atoms with Crippen LogP contribution < -0.4 is 0 Å². The van der Waals surface area contributed by atoms with Gasteiger partial charge in [0.2, 0.25) is 5.91 Å². The Bertz CT molecular complexity index is 544. The van der Waals surface area contributed by atoms with E-state index in [1.165, 1.54) is 12.1 Å². The Hall–Kier alpha value is -1.56. The second-order valence-electron chi connectivity index (χ2n) is 5.10. The number of amides is 1. The van der Waals surface area contributed by atoms with Crippen LogP contribution >= 0.6 is 11.8 Å². The van der Waals surface area contributed by atoms with Gasteiger partial charge in [-0.2, -0.15) is 0 Å². The van der Waals surface area contributed by atoms with Crippen molar-refractivity contribution in [3.05, 3.63) is 29.6 Å². The molecule has 1 aromatic rings. The number of carbonyl (C=O) groups excluding carboxylic acids is 1. The van der Waals surface area contributed by atoms with Crippen molar-refractivity contribution in [3.63, 3.8) is 0 Å². The van der Waals surface area contributed by atoms with Gasteiger partial charge in [-0.15, -0.1) is 11.8 Å². The number of carboxylic acids is 1. The number of carbonyl (C=O) groups is 2. The third-order valence-corrected chi connectivity index (χ3v) is 4.62. The molecule has 1 atom stereocenters. The highest BCUT2D eigenvalue weighted by atomic mass is 32.2. The smallest absolute Gasteiger partial charge is 0.335 e. The van der Waals surface area contributed by atoms with Crippen molar-refractivity contribution in [1.29, 1.82) is 0 Å². The number of nitrogens with zero attached hydrogens (tertiary/aromatic N) is 1. The zero-order valence-corrected chi connectivity index (χ0v) is 12.7. The normalized spacial score (nSPS) is 16.6. The van der Waals surface area contributed by atoms with Gasteiger partial charge >= 0.3 is 5.97 Å². The summed E-state index contributed by atoms with van der Waals surface area (Å²) < 4.78 is 13.8. The first kappa shape index (κ1) is 15.8. The molecule has 0 aliphatic carbocycles. The van der Waals surface area contributed by atoms with Gasteiger partial charge in [0.25, 0.3) is 0 Å². The molecular formula is C15H18FNO3S. The number of hydrogen-bond donors (Lipinski definition) is 1. The van der Waals surface area contributed by atoms with Crippen LogP contribution in [-0.4, -0.2) is 40.2 Å². The molecule has 2 rings (SSSR count). The van der Waals surface area contributed by atoms with Crippen LogP contribution in [0.5, 0.6) is 0 Å². The van der Waals surface area contributed by atoms with Crippen molar-refractivity contribution >= 4 is 23.6 Å².